The van der Waals surface area contributed by atoms with E-state index in [1.165, 1.54) is 5.56 Å². The molecule has 2 N–H and O–H groups in total. The molecule has 3 amide bonds. The van der Waals surface area contributed by atoms with Crippen LogP contribution in [-0.4, -0.2) is 45.9 Å². The summed E-state index contributed by atoms with van der Waals surface area (Å²) >= 11 is 1.61. The molecule has 0 aromatic heterocycles. The van der Waals surface area contributed by atoms with Crippen molar-refractivity contribution in [1.29, 1.82) is 0 Å². The molecule has 140 valence electrons. The lowest BCUT2D eigenvalue weighted by atomic mass is 10.2. The molecular weight excluding hydrogens is 354 g/mol. The lowest BCUT2D eigenvalue weighted by Crippen LogP contribution is -2.54. The largest absolute Gasteiger partial charge is 0.484 e. The molecule has 0 aliphatic carbocycles. The number of rotatable bonds is 5. The molecule has 2 aliphatic heterocycles. The average molecular weight is 377 g/mol. The maximum atomic E-state index is 12.4. The Hall–Kier alpha value is -2.22. The topological polar surface area (TPSA) is 87.7 Å². The van der Waals surface area contributed by atoms with Crippen LogP contribution in [0.15, 0.2) is 24.3 Å². The van der Waals surface area contributed by atoms with Crippen molar-refractivity contribution in [1.82, 2.24) is 15.8 Å². The van der Waals surface area contributed by atoms with Crippen LogP contribution >= 0.6 is 11.8 Å². The Morgan fingerprint density at radius 1 is 1.31 bits per heavy atom. The van der Waals surface area contributed by atoms with Gasteiger partial charge in [0.15, 0.2) is 6.61 Å². The molecule has 0 spiro atoms. The highest BCUT2D eigenvalue weighted by molar-refractivity contribution is 8.01. The summed E-state index contributed by atoms with van der Waals surface area (Å²) in [6.07, 6.45) is 2.15. The van der Waals surface area contributed by atoms with Crippen molar-refractivity contribution in [2.75, 3.05) is 12.4 Å². The molecule has 0 saturated carbocycles. The molecule has 0 unspecified atom stereocenters. The molecule has 3 rings (SSSR count). The van der Waals surface area contributed by atoms with Crippen LogP contribution in [0.5, 0.6) is 5.75 Å². The third-order valence-electron chi connectivity index (χ3n) is 4.77. The number of nitrogens with zero attached hydrogens (tertiary/aromatic N) is 1. The number of nitrogens with one attached hydrogen (secondary N) is 2. The first-order valence-corrected chi connectivity index (χ1v) is 9.68. The Bertz CT molecular complexity index is 709. The summed E-state index contributed by atoms with van der Waals surface area (Å²) in [7, 11) is 0. The van der Waals surface area contributed by atoms with Gasteiger partial charge in [-0.25, -0.2) is 0 Å². The number of aryl methyl sites for hydroxylation is 1. The van der Waals surface area contributed by atoms with E-state index in [1.54, 1.807) is 28.8 Å². The minimum atomic E-state index is -0.553. The number of ether oxygens (including phenoxy) is 1. The fraction of sp³-hybridized carbons (Fsp3) is 0.500. The zero-order chi connectivity index (χ0) is 18.7. The second-order valence-corrected chi connectivity index (χ2v) is 8.09. The first-order chi connectivity index (χ1) is 12.4. The predicted octanol–water partition coefficient (Wildman–Crippen LogP) is 1.23. The lowest BCUT2D eigenvalue weighted by molar-refractivity contribution is -0.139. The minimum absolute atomic E-state index is 0.0113. The molecule has 7 nitrogen and oxygen atoms in total. The van der Waals surface area contributed by atoms with Crippen molar-refractivity contribution < 1.29 is 19.1 Å². The molecule has 1 aromatic carbocycles. The van der Waals surface area contributed by atoms with Crippen LogP contribution in [0.2, 0.25) is 0 Å². The normalized spacial score (nSPS) is 24.3. The first kappa shape index (κ1) is 18.6. The van der Waals surface area contributed by atoms with Gasteiger partial charge in [-0.2, -0.15) is 0 Å². The summed E-state index contributed by atoms with van der Waals surface area (Å²) in [5.74, 6) is 0.276. The van der Waals surface area contributed by atoms with Crippen LogP contribution in [0.3, 0.4) is 0 Å². The van der Waals surface area contributed by atoms with Crippen molar-refractivity contribution in [3.05, 3.63) is 29.8 Å². The van der Waals surface area contributed by atoms with Gasteiger partial charge in [-0.15, -0.1) is 11.8 Å². The van der Waals surface area contributed by atoms with Crippen LogP contribution in [-0.2, 0) is 20.8 Å². The number of hydrazine groups is 1. The van der Waals surface area contributed by atoms with Crippen molar-refractivity contribution in [3.63, 3.8) is 0 Å². The van der Waals surface area contributed by atoms with Gasteiger partial charge in [-0.1, -0.05) is 19.1 Å². The molecule has 0 bridgehead atoms. The maximum absolute atomic E-state index is 12.4. The molecule has 26 heavy (non-hydrogen) atoms. The van der Waals surface area contributed by atoms with Crippen LogP contribution in [0.25, 0.3) is 0 Å². The number of thioether (sulfide) groups is 1. The van der Waals surface area contributed by atoms with E-state index in [0.717, 1.165) is 12.8 Å². The molecule has 2 saturated heterocycles. The van der Waals surface area contributed by atoms with E-state index in [4.69, 9.17) is 4.74 Å². The van der Waals surface area contributed by atoms with E-state index in [1.807, 2.05) is 19.1 Å². The molecular formula is C18H23N3O4S. The molecule has 8 heteroatoms. The van der Waals surface area contributed by atoms with Gasteiger partial charge in [0.2, 0.25) is 5.91 Å². The predicted molar refractivity (Wildman–Crippen MR) is 98.3 cm³/mol. The lowest BCUT2D eigenvalue weighted by Gasteiger charge is -2.29. The van der Waals surface area contributed by atoms with Crippen LogP contribution in [0, 0.1) is 0 Å². The van der Waals surface area contributed by atoms with Crippen LogP contribution < -0.4 is 15.6 Å². The highest BCUT2D eigenvalue weighted by atomic mass is 32.2. The van der Waals surface area contributed by atoms with E-state index in [2.05, 4.69) is 17.8 Å². The third-order valence-corrected chi connectivity index (χ3v) is 6.28. The van der Waals surface area contributed by atoms with Gasteiger partial charge >= 0.3 is 0 Å². The Kier molecular flexibility index (Phi) is 5.41. The van der Waals surface area contributed by atoms with Gasteiger partial charge in [0, 0.05) is 12.2 Å². The zero-order valence-electron chi connectivity index (χ0n) is 14.9. The summed E-state index contributed by atoms with van der Waals surface area (Å²) in [6.45, 7) is 3.84. The van der Waals surface area contributed by atoms with Gasteiger partial charge in [-0.05, 0) is 37.5 Å². The van der Waals surface area contributed by atoms with Gasteiger partial charge in [0.05, 0.1) is 4.87 Å². The highest BCUT2D eigenvalue weighted by Crippen LogP contribution is 2.47. The Morgan fingerprint density at radius 2 is 2.04 bits per heavy atom. The Balaban J connectivity index is 1.45. The van der Waals surface area contributed by atoms with Crippen molar-refractivity contribution in [2.45, 2.75) is 44.0 Å². The highest BCUT2D eigenvalue weighted by Gasteiger charge is 2.52. The monoisotopic (exact) mass is 377 g/mol. The quantitative estimate of drug-likeness (QED) is 0.754. The number of hydrogen-bond acceptors (Lipinski definition) is 5. The summed E-state index contributed by atoms with van der Waals surface area (Å²) in [5, 5.41) is 0. The minimum Gasteiger partial charge on any atom is -0.484 e. The van der Waals surface area contributed by atoms with E-state index in [9.17, 15) is 14.4 Å². The Morgan fingerprint density at radius 3 is 2.73 bits per heavy atom. The van der Waals surface area contributed by atoms with Gasteiger partial charge < -0.3 is 9.64 Å². The summed E-state index contributed by atoms with van der Waals surface area (Å²) in [4.78, 5) is 37.6. The number of benzene rings is 1. The molecule has 0 radical (unpaired) electrons. The zero-order valence-corrected chi connectivity index (χ0v) is 15.7. The molecule has 2 atom stereocenters. The van der Waals surface area contributed by atoms with E-state index in [-0.39, 0.29) is 23.3 Å². The number of fused-ring (bicyclic) bond motifs is 1. The SMILES string of the molecule is CCc1ccc(OCC(=O)NNC(=O)[C@@H]2CS[C@]3(C)CCC(=O)N23)cc1. The number of amides is 3. The second kappa shape index (κ2) is 7.57. The Labute approximate surface area is 156 Å². The summed E-state index contributed by atoms with van der Waals surface area (Å²) < 4.78 is 5.40. The first-order valence-electron chi connectivity index (χ1n) is 8.69. The summed E-state index contributed by atoms with van der Waals surface area (Å²) in [6, 6.07) is 6.94. The summed E-state index contributed by atoms with van der Waals surface area (Å²) in [5.41, 5.74) is 5.94. The fourth-order valence-electron chi connectivity index (χ4n) is 3.24. The van der Waals surface area contributed by atoms with Gasteiger partial charge in [0.1, 0.15) is 11.8 Å². The van der Waals surface area contributed by atoms with Crippen LogP contribution in [0.4, 0.5) is 0 Å². The second-order valence-electron chi connectivity index (χ2n) is 6.59. The number of carbonyl (C=O) groups is 3. The smallest absolute Gasteiger partial charge is 0.276 e. The van der Waals surface area contributed by atoms with E-state index in [0.29, 0.717) is 17.9 Å². The maximum Gasteiger partial charge on any atom is 0.276 e. The average Bonchev–Trinajstić information content (AvgIpc) is 3.14. The fourth-order valence-corrected chi connectivity index (χ4v) is 4.67. The van der Waals surface area contributed by atoms with Crippen LogP contribution in [0.1, 0.15) is 32.3 Å². The molecule has 2 fully saturated rings. The third kappa shape index (κ3) is 3.80. The van der Waals surface area contributed by atoms with E-state index < -0.39 is 11.9 Å². The van der Waals surface area contributed by atoms with Gasteiger partial charge in [-0.3, -0.25) is 25.2 Å². The number of carbonyl (C=O) groups excluding carboxylic acids is 3. The molecule has 2 heterocycles. The standard InChI is InChI=1S/C18H23N3O4S/c1-3-12-4-6-13(7-5-12)25-10-15(22)19-20-17(24)14-11-26-18(2)9-8-16(23)21(14)18/h4-7,14H,3,8-11H2,1-2H3,(H,19,22)(H,20,24)/t14-,18+/m0/s1. The van der Waals surface area contributed by atoms with Gasteiger partial charge in [0.25, 0.3) is 11.8 Å². The van der Waals surface area contributed by atoms with E-state index >= 15 is 0 Å². The van der Waals surface area contributed by atoms with Crippen molar-refractivity contribution >= 4 is 29.5 Å². The molecule has 1 aromatic rings. The number of hydrogen-bond donors (Lipinski definition) is 2. The van der Waals surface area contributed by atoms with Crippen molar-refractivity contribution in [3.8, 4) is 5.75 Å². The molecule has 2 aliphatic rings. The van der Waals surface area contributed by atoms with Crippen molar-refractivity contribution in [2.24, 2.45) is 0 Å².